The maximum Gasteiger partial charge on any atom is 0.123 e. The lowest BCUT2D eigenvalue weighted by atomic mass is 9.98. The van der Waals surface area contributed by atoms with Gasteiger partial charge in [0.15, 0.2) is 0 Å². The topological polar surface area (TPSA) is 3.24 Å². The van der Waals surface area contributed by atoms with Gasteiger partial charge in [-0.1, -0.05) is 36.4 Å². The van der Waals surface area contributed by atoms with Crippen molar-refractivity contribution in [2.75, 3.05) is 20.6 Å². The zero-order chi connectivity index (χ0) is 14.8. The van der Waals surface area contributed by atoms with Crippen molar-refractivity contribution in [3.63, 3.8) is 0 Å². The molecule has 108 valence electrons. The average Bonchev–Trinajstić information content (AvgIpc) is 2.84. The number of rotatable bonds is 4. The largest absolute Gasteiger partial charge is 0.309 e. The van der Waals surface area contributed by atoms with Gasteiger partial charge < -0.3 is 4.90 Å². The van der Waals surface area contributed by atoms with Crippen molar-refractivity contribution in [2.45, 2.75) is 12.8 Å². The summed E-state index contributed by atoms with van der Waals surface area (Å²) in [6.07, 6.45) is 1.97. The van der Waals surface area contributed by atoms with Crippen molar-refractivity contribution in [1.29, 1.82) is 0 Å². The Balaban J connectivity index is 2.01. The van der Waals surface area contributed by atoms with E-state index in [1.165, 1.54) is 22.3 Å². The second kappa shape index (κ2) is 5.82. The van der Waals surface area contributed by atoms with Crippen molar-refractivity contribution in [1.82, 2.24) is 4.90 Å². The molecule has 0 aromatic heterocycles. The lowest BCUT2D eigenvalue weighted by Crippen LogP contribution is -2.13. The van der Waals surface area contributed by atoms with E-state index in [1.807, 2.05) is 12.1 Å². The minimum absolute atomic E-state index is 0.176. The Morgan fingerprint density at radius 2 is 1.71 bits per heavy atom. The molecule has 1 aliphatic rings. The van der Waals surface area contributed by atoms with E-state index in [9.17, 15) is 4.39 Å². The fraction of sp³-hybridized carbons (Fsp3) is 0.263. The minimum atomic E-state index is -0.176. The van der Waals surface area contributed by atoms with Crippen LogP contribution in [0.2, 0.25) is 0 Å². The first-order chi connectivity index (χ1) is 10.1. The molecule has 0 N–H and O–H groups in total. The van der Waals surface area contributed by atoms with Gasteiger partial charge in [-0.25, -0.2) is 4.39 Å². The van der Waals surface area contributed by atoms with Gasteiger partial charge in [0.05, 0.1) is 0 Å². The zero-order valence-corrected chi connectivity index (χ0v) is 12.6. The van der Waals surface area contributed by atoms with E-state index in [1.54, 1.807) is 12.1 Å². The molecule has 0 atom stereocenters. The van der Waals surface area contributed by atoms with E-state index in [-0.39, 0.29) is 5.82 Å². The SMILES string of the molecule is CN(C)CCC1=C(c2ccc(F)cc2)Cc2ccccc21. The van der Waals surface area contributed by atoms with Crippen molar-refractivity contribution in [3.8, 4) is 0 Å². The highest BCUT2D eigenvalue weighted by atomic mass is 19.1. The standard InChI is InChI=1S/C19H20FN/c1-21(2)12-11-18-17-6-4-3-5-15(17)13-19(18)14-7-9-16(20)10-8-14/h3-10H,11-13H2,1-2H3. The summed E-state index contributed by atoms with van der Waals surface area (Å²) in [5.74, 6) is -0.176. The summed E-state index contributed by atoms with van der Waals surface area (Å²) < 4.78 is 13.2. The van der Waals surface area contributed by atoms with Crippen molar-refractivity contribution >= 4 is 11.1 Å². The molecule has 21 heavy (non-hydrogen) atoms. The third-order valence-corrected chi connectivity index (χ3v) is 4.08. The number of allylic oxidation sites excluding steroid dienone is 1. The summed E-state index contributed by atoms with van der Waals surface area (Å²) in [6, 6.07) is 15.5. The van der Waals surface area contributed by atoms with Crippen LogP contribution < -0.4 is 0 Å². The average molecular weight is 281 g/mol. The molecule has 2 heteroatoms. The van der Waals surface area contributed by atoms with Crippen LogP contribution in [0.3, 0.4) is 0 Å². The van der Waals surface area contributed by atoms with Gasteiger partial charge in [0.2, 0.25) is 0 Å². The lowest BCUT2D eigenvalue weighted by molar-refractivity contribution is 0.420. The van der Waals surface area contributed by atoms with Crippen molar-refractivity contribution in [3.05, 3.63) is 71.0 Å². The first kappa shape index (κ1) is 14.0. The molecule has 0 spiro atoms. The van der Waals surface area contributed by atoms with E-state index in [2.05, 4.69) is 43.3 Å². The first-order valence-electron chi connectivity index (χ1n) is 7.36. The number of benzene rings is 2. The van der Waals surface area contributed by atoms with Crippen LogP contribution in [-0.4, -0.2) is 25.5 Å². The third kappa shape index (κ3) is 2.91. The highest BCUT2D eigenvalue weighted by Gasteiger charge is 2.21. The molecule has 3 rings (SSSR count). The van der Waals surface area contributed by atoms with Crippen molar-refractivity contribution in [2.24, 2.45) is 0 Å². The minimum Gasteiger partial charge on any atom is -0.309 e. The second-order valence-corrected chi connectivity index (χ2v) is 5.85. The summed E-state index contributed by atoms with van der Waals surface area (Å²) in [4.78, 5) is 2.20. The molecule has 1 aliphatic carbocycles. The molecular weight excluding hydrogens is 261 g/mol. The highest BCUT2D eigenvalue weighted by Crippen LogP contribution is 2.40. The number of nitrogens with zero attached hydrogens (tertiary/aromatic N) is 1. The number of hydrogen-bond donors (Lipinski definition) is 0. The Morgan fingerprint density at radius 3 is 2.43 bits per heavy atom. The Kier molecular flexibility index (Phi) is 3.89. The van der Waals surface area contributed by atoms with Gasteiger partial charge in [0.1, 0.15) is 5.82 Å². The summed E-state index contributed by atoms with van der Waals surface area (Å²) in [5, 5.41) is 0. The van der Waals surface area contributed by atoms with E-state index in [0.29, 0.717) is 0 Å². The molecule has 0 bridgehead atoms. The second-order valence-electron chi connectivity index (χ2n) is 5.85. The van der Waals surface area contributed by atoms with Gasteiger partial charge in [-0.15, -0.1) is 0 Å². The molecule has 0 saturated heterocycles. The number of fused-ring (bicyclic) bond motifs is 1. The molecule has 0 radical (unpaired) electrons. The molecule has 0 heterocycles. The van der Waals surface area contributed by atoms with Gasteiger partial charge in [0, 0.05) is 6.54 Å². The normalized spacial score (nSPS) is 13.9. The van der Waals surface area contributed by atoms with Crippen LogP contribution in [0.4, 0.5) is 4.39 Å². The van der Waals surface area contributed by atoms with Gasteiger partial charge in [-0.2, -0.15) is 0 Å². The molecule has 0 amide bonds. The number of halogens is 1. The smallest absolute Gasteiger partial charge is 0.123 e. The molecule has 0 unspecified atom stereocenters. The van der Waals surface area contributed by atoms with Gasteiger partial charge in [-0.05, 0) is 66.9 Å². The van der Waals surface area contributed by atoms with Gasteiger partial charge in [-0.3, -0.25) is 0 Å². The molecular formula is C19H20FN. The van der Waals surface area contributed by atoms with Crippen LogP contribution >= 0.6 is 0 Å². The zero-order valence-electron chi connectivity index (χ0n) is 12.6. The molecule has 0 aliphatic heterocycles. The predicted octanol–water partition coefficient (Wildman–Crippen LogP) is 4.24. The molecule has 1 nitrogen and oxygen atoms in total. The first-order valence-corrected chi connectivity index (χ1v) is 7.36. The summed E-state index contributed by atoms with van der Waals surface area (Å²) >= 11 is 0. The Labute approximate surface area is 125 Å². The molecule has 2 aromatic rings. The van der Waals surface area contributed by atoms with E-state index < -0.39 is 0 Å². The molecule has 0 saturated carbocycles. The van der Waals surface area contributed by atoms with Gasteiger partial charge >= 0.3 is 0 Å². The predicted molar refractivity (Wildman–Crippen MR) is 86.5 cm³/mol. The van der Waals surface area contributed by atoms with Crippen LogP contribution in [0.15, 0.2) is 48.5 Å². The Hall–Kier alpha value is -1.93. The number of hydrogen-bond acceptors (Lipinski definition) is 1. The van der Waals surface area contributed by atoms with Crippen LogP contribution in [0.25, 0.3) is 11.1 Å². The van der Waals surface area contributed by atoms with Crippen LogP contribution in [-0.2, 0) is 6.42 Å². The van der Waals surface area contributed by atoms with E-state index in [4.69, 9.17) is 0 Å². The van der Waals surface area contributed by atoms with Crippen LogP contribution in [0, 0.1) is 5.82 Å². The maximum atomic E-state index is 13.2. The van der Waals surface area contributed by atoms with E-state index in [0.717, 1.165) is 24.9 Å². The summed E-state index contributed by atoms with van der Waals surface area (Å²) in [5.41, 5.74) is 6.63. The van der Waals surface area contributed by atoms with Crippen molar-refractivity contribution < 1.29 is 4.39 Å². The Bertz CT molecular complexity index is 668. The summed E-state index contributed by atoms with van der Waals surface area (Å²) in [7, 11) is 4.19. The fourth-order valence-corrected chi connectivity index (χ4v) is 2.98. The van der Waals surface area contributed by atoms with Gasteiger partial charge in [0.25, 0.3) is 0 Å². The fourth-order valence-electron chi connectivity index (χ4n) is 2.98. The highest BCUT2D eigenvalue weighted by molar-refractivity contribution is 5.97. The molecule has 0 fully saturated rings. The Morgan fingerprint density at radius 1 is 1.00 bits per heavy atom. The lowest BCUT2D eigenvalue weighted by Gasteiger charge is -2.13. The van der Waals surface area contributed by atoms with E-state index >= 15 is 0 Å². The van der Waals surface area contributed by atoms with Crippen LogP contribution in [0.5, 0.6) is 0 Å². The monoisotopic (exact) mass is 281 g/mol. The third-order valence-electron chi connectivity index (χ3n) is 4.08. The maximum absolute atomic E-state index is 13.2. The molecule has 2 aromatic carbocycles. The quantitative estimate of drug-likeness (QED) is 0.810. The summed E-state index contributed by atoms with van der Waals surface area (Å²) in [6.45, 7) is 1.02. The van der Waals surface area contributed by atoms with Crippen LogP contribution in [0.1, 0.15) is 23.1 Å².